The van der Waals surface area contributed by atoms with Crippen molar-refractivity contribution in [3.05, 3.63) is 59.5 Å². The maximum absolute atomic E-state index is 12.9. The molecule has 30 heavy (non-hydrogen) atoms. The fourth-order valence-electron chi connectivity index (χ4n) is 3.46. The van der Waals surface area contributed by atoms with E-state index in [1.165, 1.54) is 6.92 Å². The highest BCUT2D eigenvalue weighted by molar-refractivity contribution is 6.06. The third kappa shape index (κ3) is 3.47. The summed E-state index contributed by atoms with van der Waals surface area (Å²) in [6.45, 7) is 5.14. The number of ether oxygens (including phenoxy) is 1. The van der Waals surface area contributed by atoms with Crippen LogP contribution in [0.1, 0.15) is 28.7 Å². The van der Waals surface area contributed by atoms with Crippen LogP contribution in [0.3, 0.4) is 0 Å². The Bertz CT molecular complexity index is 1290. The molecule has 1 amide bonds. The lowest BCUT2D eigenvalue weighted by molar-refractivity contribution is -0.123. The number of anilines is 1. The molecule has 3 aromatic heterocycles. The molecule has 8 nitrogen and oxygen atoms in total. The van der Waals surface area contributed by atoms with Gasteiger partial charge >= 0.3 is 5.97 Å². The van der Waals surface area contributed by atoms with E-state index in [2.05, 4.69) is 20.4 Å². The van der Waals surface area contributed by atoms with Crippen LogP contribution in [0.4, 0.5) is 5.69 Å². The highest BCUT2D eigenvalue weighted by Gasteiger charge is 2.23. The average molecular weight is 403 g/mol. The van der Waals surface area contributed by atoms with E-state index in [0.717, 1.165) is 10.9 Å². The molecule has 0 saturated carbocycles. The zero-order chi connectivity index (χ0) is 21.4. The SMILES string of the molecule is Cc1cc(C(=O)OC(C)C(=O)Nc2cccc3ncccc23)c2c(C)nn(C)c2n1. The molecule has 0 fully saturated rings. The van der Waals surface area contributed by atoms with Gasteiger partial charge in [-0.3, -0.25) is 14.5 Å². The minimum absolute atomic E-state index is 0.345. The van der Waals surface area contributed by atoms with Crippen molar-refractivity contribution < 1.29 is 14.3 Å². The van der Waals surface area contributed by atoms with Gasteiger partial charge in [-0.25, -0.2) is 9.78 Å². The van der Waals surface area contributed by atoms with Gasteiger partial charge in [0.05, 0.1) is 27.8 Å². The molecule has 8 heteroatoms. The number of nitrogens with zero attached hydrogens (tertiary/aromatic N) is 4. The van der Waals surface area contributed by atoms with Crippen molar-refractivity contribution in [3.63, 3.8) is 0 Å². The standard InChI is InChI=1S/C22H21N5O3/c1-12-11-16(19-13(2)26-27(4)20(19)24-12)22(29)30-14(3)21(28)25-18-9-5-8-17-15(18)7-6-10-23-17/h5-11,14H,1-4H3,(H,25,28). The molecule has 152 valence electrons. The van der Waals surface area contributed by atoms with E-state index < -0.39 is 18.0 Å². The first kappa shape index (κ1) is 19.5. The molecule has 1 unspecified atom stereocenters. The molecule has 1 aromatic carbocycles. The van der Waals surface area contributed by atoms with Crippen LogP contribution in [-0.2, 0) is 16.6 Å². The largest absolute Gasteiger partial charge is 0.449 e. The third-order valence-corrected chi connectivity index (χ3v) is 4.87. The van der Waals surface area contributed by atoms with Gasteiger partial charge < -0.3 is 10.1 Å². The van der Waals surface area contributed by atoms with Crippen LogP contribution < -0.4 is 5.32 Å². The number of pyridine rings is 2. The van der Waals surface area contributed by atoms with Crippen LogP contribution in [0.5, 0.6) is 0 Å². The van der Waals surface area contributed by atoms with Crippen LogP contribution in [0.2, 0.25) is 0 Å². The van der Waals surface area contributed by atoms with E-state index in [0.29, 0.717) is 33.7 Å². The van der Waals surface area contributed by atoms with Crippen LogP contribution in [-0.4, -0.2) is 37.7 Å². The molecular weight excluding hydrogens is 382 g/mol. The van der Waals surface area contributed by atoms with E-state index in [1.807, 2.05) is 18.2 Å². The van der Waals surface area contributed by atoms with Crippen LogP contribution >= 0.6 is 0 Å². The van der Waals surface area contributed by atoms with Gasteiger partial charge in [-0.05, 0) is 51.1 Å². The van der Waals surface area contributed by atoms with Crippen molar-refractivity contribution in [2.45, 2.75) is 26.9 Å². The van der Waals surface area contributed by atoms with E-state index in [1.54, 1.807) is 50.0 Å². The number of rotatable bonds is 4. The van der Waals surface area contributed by atoms with Crippen molar-refractivity contribution in [2.75, 3.05) is 5.32 Å². The Labute approximate surface area is 172 Å². The zero-order valence-electron chi connectivity index (χ0n) is 17.1. The fraction of sp³-hybridized carbons (Fsp3) is 0.227. The quantitative estimate of drug-likeness (QED) is 0.525. The molecule has 0 aliphatic carbocycles. The Hall–Kier alpha value is -3.81. The minimum atomic E-state index is -0.995. The summed E-state index contributed by atoms with van der Waals surface area (Å²) in [6.07, 6.45) is 0.695. The molecule has 0 radical (unpaired) electrons. The van der Waals surface area contributed by atoms with Crippen LogP contribution in [0.15, 0.2) is 42.6 Å². The van der Waals surface area contributed by atoms with Crippen molar-refractivity contribution in [2.24, 2.45) is 7.05 Å². The number of fused-ring (bicyclic) bond motifs is 2. The lowest BCUT2D eigenvalue weighted by atomic mass is 10.1. The van der Waals surface area contributed by atoms with Crippen molar-refractivity contribution >= 4 is 39.5 Å². The van der Waals surface area contributed by atoms with Crippen LogP contribution in [0, 0.1) is 13.8 Å². The molecule has 1 N–H and O–H groups in total. The molecule has 0 aliphatic heterocycles. The van der Waals surface area contributed by atoms with Gasteiger partial charge in [0.15, 0.2) is 11.8 Å². The first-order valence-electron chi connectivity index (χ1n) is 9.51. The van der Waals surface area contributed by atoms with E-state index in [-0.39, 0.29) is 0 Å². The second kappa shape index (κ2) is 7.55. The number of esters is 1. The van der Waals surface area contributed by atoms with Crippen molar-refractivity contribution in [3.8, 4) is 0 Å². The molecular formula is C22H21N5O3. The van der Waals surface area contributed by atoms with E-state index >= 15 is 0 Å². The van der Waals surface area contributed by atoms with Gasteiger partial charge in [-0.2, -0.15) is 5.10 Å². The molecule has 0 bridgehead atoms. The molecule has 0 aliphatic rings. The smallest absolute Gasteiger partial charge is 0.339 e. The predicted octanol–water partition coefficient (Wildman–Crippen LogP) is 3.32. The lowest BCUT2D eigenvalue weighted by Gasteiger charge is -2.15. The van der Waals surface area contributed by atoms with Gasteiger partial charge in [0.2, 0.25) is 0 Å². The summed E-state index contributed by atoms with van der Waals surface area (Å²) < 4.78 is 7.10. The molecule has 4 rings (SSSR count). The summed E-state index contributed by atoms with van der Waals surface area (Å²) in [5, 5.41) is 8.59. The van der Waals surface area contributed by atoms with Crippen molar-refractivity contribution in [1.82, 2.24) is 19.7 Å². The highest BCUT2D eigenvalue weighted by atomic mass is 16.5. The average Bonchev–Trinajstić information content (AvgIpc) is 3.01. The van der Waals surface area contributed by atoms with Gasteiger partial charge in [0, 0.05) is 24.3 Å². The van der Waals surface area contributed by atoms with Gasteiger partial charge in [0.1, 0.15) is 0 Å². The third-order valence-electron chi connectivity index (χ3n) is 4.87. The Balaban J connectivity index is 1.57. The monoisotopic (exact) mass is 403 g/mol. The first-order valence-corrected chi connectivity index (χ1v) is 9.51. The number of hydrogen-bond acceptors (Lipinski definition) is 6. The normalized spacial score (nSPS) is 12.1. The number of aromatic nitrogens is 4. The van der Waals surface area contributed by atoms with Gasteiger partial charge in [-0.1, -0.05) is 6.07 Å². The fourth-order valence-corrected chi connectivity index (χ4v) is 3.46. The molecule has 1 atom stereocenters. The summed E-state index contributed by atoms with van der Waals surface area (Å²) in [5.74, 6) is -1.02. The Morgan fingerprint density at radius 3 is 2.77 bits per heavy atom. The molecule has 0 saturated heterocycles. The van der Waals surface area contributed by atoms with Gasteiger partial charge in [-0.15, -0.1) is 0 Å². The zero-order valence-corrected chi connectivity index (χ0v) is 17.1. The summed E-state index contributed by atoms with van der Waals surface area (Å²) >= 11 is 0. The maximum Gasteiger partial charge on any atom is 0.339 e. The highest BCUT2D eigenvalue weighted by Crippen LogP contribution is 2.24. The van der Waals surface area contributed by atoms with Gasteiger partial charge in [0.25, 0.3) is 5.91 Å². The maximum atomic E-state index is 12.9. The van der Waals surface area contributed by atoms with Crippen LogP contribution in [0.25, 0.3) is 21.9 Å². The number of carbonyl (C=O) groups excluding carboxylic acids is 2. The predicted molar refractivity (Wildman–Crippen MR) is 113 cm³/mol. The summed E-state index contributed by atoms with van der Waals surface area (Å²) in [4.78, 5) is 34.3. The molecule has 3 heterocycles. The van der Waals surface area contributed by atoms with Crippen molar-refractivity contribution in [1.29, 1.82) is 0 Å². The Morgan fingerprint density at radius 1 is 1.17 bits per heavy atom. The van der Waals surface area contributed by atoms with E-state index in [4.69, 9.17) is 4.74 Å². The Morgan fingerprint density at radius 2 is 1.97 bits per heavy atom. The number of carbonyl (C=O) groups is 2. The Kier molecular flexibility index (Phi) is 4.91. The van der Waals surface area contributed by atoms with E-state index in [9.17, 15) is 9.59 Å². The number of benzene rings is 1. The second-order valence-corrected chi connectivity index (χ2v) is 7.13. The second-order valence-electron chi connectivity index (χ2n) is 7.13. The molecule has 0 spiro atoms. The number of nitrogens with one attached hydrogen (secondary N) is 1. The summed E-state index contributed by atoms with van der Waals surface area (Å²) in [6, 6.07) is 10.8. The first-order chi connectivity index (χ1) is 14.3. The minimum Gasteiger partial charge on any atom is -0.449 e. The number of aryl methyl sites for hydroxylation is 3. The number of amides is 1. The lowest BCUT2D eigenvalue weighted by Crippen LogP contribution is -2.30. The number of hydrogen-bond donors (Lipinski definition) is 1. The topological polar surface area (TPSA) is 99.0 Å². The molecule has 4 aromatic rings. The summed E-state index contributed by atoms with van der Waals surface area (Å²) in [7, 11) is 1.77. The summed E-state index contributed by atoms with van der Waals surface area (Å²) in [5.41, 5.74) is 3.66.